The number of rotatable bonds is 6. The zero-order valence-electron chi connectivity index (χ0n) is 12.5. The van der Waals surface area contributed by atoms with Gasteiger partial charge >= 0.3 is 0 Å². The summed E-state index contributed by atoms with van der Waals surface area (Å²) in [5, 5.41) is 2.20. The number of halogens is 2. The van der Waals surface area contributed by atoms with Gasteiger partial charge in [-0.25, -0.2) is 8.78 Å². The third-order valence-corrected chi connectivity index (χ3v) is 2.87. The van der Waals surface area contributed by atoms with Crippen molar-refractivity contribution < 1.29 is 18.4 Å². The monoisotopic (exact) mass is 298 g/mol. The quantitative estimate of drug-likeness (QED) is 0.878. The maximum atomic E-state index is 13.4. The van der Waals surface area contributed by atoms with E-state index in [4.69, 9.17) is 0 Å². The smallest absolute Gasteiger partial charge is 0.226 e. The molecule has 0 saturated heterocycles. The maximum absolute atomic E-state index is 13.4. The average Bonchev–Trinajstić information content (AvgIpc) is 2.38. The van der Waals surface area contributed by atoms with Gasteiger partial charge in [0.15, 0.2) is 0 Å². The van der Waals surface area contributed by atoms with Crippen molar-refractivity contribution in [2.75, 3.05) is 18.4 Å². The second-order valence-corrected chi connectivity index (χ2v) is 5.25. The van der Waals surface area contributed by atoms with Crippen molar-refractivity contribution in [2.24, 2.45) is 5.92 Å². The molecule has 116 valence electrons. The van der Waals surface area contributed by atoms with Crippen LogP contribution in [0.1, 0.15) is 27.2 Å². The second kappa shape index (κ2) is 7.71. The summed E-state index contributed by atoms with van der Waals surface area (Å²) in [6, 6.07) is 3.36. The molecule has 0 atom stereocenters. The Labute approximate surface area is 123 Å². The molecule has 0 radical (unpaired) electrons. The number of amides is 2. The molecule has 0 aliphatic rings. The normalized spacial score (nSPS) is 10.6. The Morgan fingerprint density at radius 3 is 2.29 bits per heavy atom. The number of carbonyl (C=O) groups excluding carboxylic acids is 2. The van der Waals surface area contributed by atoms with E-state index in [1.54, 1.807) is 4.90 Å². The number of para-hydroxylation sites is 1. The summed E-state index contributed by atoms with van der Waals surface area (Å²) in [7, 11) is 0. The molecule has 6 heteroatoms. The largest absolute Gasteiger partial charge is 0.342 e. The third-order valence-electron chi connectivity index (χ3n) is 2.87. The van der Waals surface area contributed by atoms with E-state index in [-0.39, 0.29) is 24.8 Å². The van der Waals surface area contributed by atoms with E-state index in [1.165, 1.54) is 13.0 Å². The molecule has 0 aromatic heterocycles. The van der Waals surface area contributed by atoms with Crippen LogP contribution in [0.5, 0.6) is 0 Å². The van der Waals surface area contributed by atoms with Crippen LogP contribution < -0.4 is 5.32 Å². The van der Waals surface area contributed by atoms with Crippen molar-refractivity contribution in [3.63, 3.8) is 0 Å². The van der Waals surface area contributed by atoms with E-state index < -0.39 is 23.2 Å². The Morgan fingerprint density at radius 1 is 1.24 bits per heavy atom. The lowest BCUT2D eigenvalue weighted by atomic mass is 10.2. The molecule has 1 aromatic carbocycles. The standard InChI is InChI=1S/C15H20F2N2O2/c1-10(2)9-19(11(3)20)8-7-14(21)18-15-12(16)5-4-6-13(15)17/h4-6,10H,7-9H2,1-3H3,(H,18,21). The van der Waals surface area contributed by atoms with Gasteiger partial charge in [0.2, 0.25) is 11.8 Å². The van der Waals surface area contributed by atoms with E-state index in [9.17, 15) is 18.4 Å². The molecule has 1 N–H and O–H groups in total. The summed E-state index contributed by atoms with van der Waals surface area (Å²) in [6.07, 6.45) is -0.0138. The lowest BCUT2D eigenvalue weighted by Gasteiger charge is -2.22. The van der Waals surface area contributed by atoms with Gasteiger partial charge in [0.25, 0.3) is 0 Å². The number of nitrogens with zero attached hydrogens (tertiary/aromatic N) is 1. The van der Waals surface area contributed by atoms with Crippen molar-refractivity contribution >= 4 is 17.5 Å². The maximum Gasteiger partial charge on any atom is 0.226 e. The minimum Gasteiger partial charge on any atom is -0.342 e. The Balaban J connectivity index is 2.59. The average molecular weight is 298 g/mol. The first-order valence-electron chi connectivity index (χ1n) is 6.80. The highest BCUT2D eigenvalue weighted by Crippen LogP contribution is 2.18. The summed E-state index contributed by atoms with van der Waals surface area (Å²) in [5.41, 5.74) is -0.458. The molecule has 0 unspecified atom stereocenters. The number of carbonyl (C=O) groups is 2. The van der Waals surface area contributed by atoms with E-state index in [2.05, 4.69) is 5.32 Å². The van der Waals surface area contributed by atoms with Crippen LogP contribution in [0.4, 0.5) is 14.5 Å². The minimum atomic E-state index is -0.825. The molecule has 4 nitrogen and oxygen atoms in total. The molecule has 0 aliphatic carbocycles. The summed E-state index contributed by atoms with van der Waals surface area (Å²) < 4.78 is 26.8. The molecule has 21 heavy (non-hydrogen) atoms. The first kappa shape index (κ1) is 17.1. The molecule has 0 aliphatic heterocycles. The van der Waals surface area contributed by atoms with Crippen molar-refractivity contribution in [3.8, 4) is 0 Å². The van der Waals surface area contributed by atoms with E-state index in [1.807, 2.05) is 13.8 Å². The Morgan fingerprint density at radius 2 is 1.81 bits per heavy atom. The molecule has 1 rings (SSSR count). The highest BCUT2D eigenvalue weighted by molar-refractivity contribution is 5.91. The van der Waals surface area contributed by atoms with Gasteiger partial charge in [-0.2, -0.15) is 0 Å². The summed E-state index contributed by atoms with van der Waals surface area (Å²) in [6.45, 7) is 6.11. The molecule has 0 spiro atoms. The molecule has 0 saturated carbocycles. The summed E-state index contributed by atoms with van der Waals surface area (Å²) in [5.74, 6) is -2.04. The first-order valence-corrected chi connectivity index (χ1v) is 6.80. The van der Waals surface area contributed by atoms with Gasteiger partial charge in [0.05, 0.1) is 0 Å². The predicted molar refractivity (Wildman–Crippen MR) is 76.7 cm³/mol. The molecule has 0 bridgehead atoms. The highest BCUT2D eigenvalue weighted by Gasteiger charge is 2.15. The van der Waals surface area contributed by atoms with E-state index >= 15 is 0 Å². The van der Waals surface area contributed by atoms with Gasteiger partial charge in [-0.05, 0) is 18.1 Å². The van der Waals surface area contributed by atoms with Crippen LogP contribution in [-0.2, 0) is 9.59 Å². The van der Waals surface area contributed by atoms with E-state index in [0.717, 1.165) is 12.1 Å². The van der Waals surface area contributed by atoms with Crippen LogP contribution in [0.15, 0.2) is 18.2 Å². The van der Waals surface area contributed by atoms with Crippen molar-refractivity contribution in [1.82, 2.24) is 4.90 Å². The lowest BCUT2D eigenvalue weighted by Crippen LogP contribution is -2.35. The molecule has 2 amide bonds. The Hall–Kier alpha value is -1.98. The third kappa shape index (κ3) is 5.49. The fourth-order valence-corrected chi connectivity index (χ4v) is 1.87. The van der Waals surface area contributed by atoms with Crippen molar-refractivity contribution in [2.45, 2.75) is 27.2 Å². The van der Waals surface area contributed by atoms with Crippen LogP contribution in [0.25, 0.3) is 0 Å². The van der Waals surface area contributed by atoms with Gasteiger partial charge in [-0.3, -0.25) is 9.59 Å². The van der Waals surface area contributed by atoms with Crippen LogP contribution in [0.3, 0.4) is 0 Å². The second-order valence-electron chi connectivity index (χ2n) is 5.25. The number of hydrogen-bond donors (Lipinski definition) is 1. The van der Waals surface area contributed by atoms with Crippen molar-refractivity contribution in [3.05, 3.63) is 29.8 Å². The van der Waals surface area contributed by atoms with E-state index in [0.29, 0.717) is 6.54 Å². The van der Waals surface area contributed by atoms with Crippen LogP contribution in [0.2, 0.25) is 0 Å². The lowest BCUT2D eigenvalue weighted by molar-refractivity contribution is -0.129. The molecule has 1 aromatic rings. The molecule has 0 fully saturated rings. The van der Waals surface area contributed by atoms with Crippen molar-refractivity contribution in [1.29, 1.82) is 0 Å². The SMILES string of the molecule is CC(=O)N(CCC(=O)Nc1c(F)cccc1F)CC(C)C. The van der Waals surface area contributed by atoms with Gasteiger partial charge in [0.1, 0.15) is 17.3 Å². The zero-order chi connectivity index (χ0) is 16.0. The Kier molecular flexibility index (Phi) is 6.27. The molecule has 0 heterocycles. The molecular weight excluding hydrogens is 278 g/mol. The topological polar surface area (TPSA) is 49.4 Å². The van der Waals surface area contributed by atoms with Gasteiger partial charge < -0.3 is 10.2 Å². The number of anilines is 1. The number of nitrogens with one attached hydrogen (secondary N) is 1. The fourth-order valence-electron chi connectivity index (χ4n) is 1.87. The van der Waals surface area contributed by atoms with Crippen LogP contribution in [0, 0.1) is 17.6 Å². The van der Waals surface area contributed by atoms with Gasteiger partial charge in [-0.1, -0.05) is 19.9 Å². The number of benzene rings is 1. The van der Waals surface area contributed by atoms with Gasteiger partial charge in [0, 0.05) is 26.4 Å². The Bertz CT molecular complexity index is 498. The zero-order valence-corrected chi connectivity index (χ0v) is 12.5. The molecular formula is C15H20F2N2O2. The summed E-state index contributed by atoms with van der Waals surface area (Å²) >= 11 is 0. The first-order chi connectivity index (χ1) is 9.81. The number of hydrogen-bond acceptors (Lipinski definition) is 2. The summed E-state index contributed by atoms with van der Waals surface area (Å²) in [4.78, 5) is 24.7. The predicted octanol–water partition coefficient (Wildman–Crippen LogP) is 2.80. The van der Waals surface area contributed by atoms with Crippen LogP contribution >= 0.6 is 0 Å². The van der Waals surface area contributed by atoms with Crippen LogP contribution in [-0.4, -0.2) is 29.8 Å². The van der Waals surface area contributed by atoms with Gasteiger partial charge in [-0.15, -0.1) is 0 Å². The minimum absolute atomic E-state index is 0.0138. The fraction of sp³-hybridized carbons (Fsp3) is 0.467. The highest BCUT2D eigenvalue weighted by atomic mass is 19.1.